The molecule has 1 aliphatic heterocycles. The van der Waals surface area contributed by atoms with Crippen molar-refractivity contribution in [3.63, 3.8) is 0 Å². The Hall–Kier alpha value is -2.27. The number of aromatic amines is 1. The van der Waals surface area contributed by atoms with Crippen LogP contribution in [0.3, 0.4) is 0 Å². The van der Waals surface area contributed by atoms with E-state index in [2.05, 4.69) is 9.97 Å². The van der Waals surface area contributed by atoms with Gasteiger partial charge in [-0.15, -0.1) is 0 Å². The van der Waals surface area contributed by atoms with Gasteiger partial charge in [0, 0.05) is 6.20 Å². The zero-order chi connectivity index (χ0) is 16.0. The lowest BCUT2D eigenvalue weighted by molar-refractivity contribution is -0.0522. The van der Waals surface area contributed by atoms with Gasteiger partial charge >= 0.3 is 0 Å². The number of nitrogens with one attached hydrogen (secondary N) is 2. The molecular formula is C12H15N5O5. The Labute approximate surface area is 123 Å². The minimum atomic E-state index is -1.40. The van der Waals surface area contributed by atoms with Crippen LogP contribution in [-0.2, 0) is 4.74 Å². The van der Waals surface area contributed by atoms with Gasteiger partial charge in [-0.2, -0.15) is 0 Å². The van der Waals surface area contributed by atoms with E-state index in [-0.39, 0.29) is 11.3 Å². The van der Waals surface area contributed by atoms with Crippen molar-refractivity contribution in [2.75, 3.05) is 6.61 Å². The highest BCUT2D eigenvalue weighted by Gasteiger charge is 2.44. The maximum absolute atomic E-state index is 11.6. The third kappa shape index (κ3) is 2.01. The smallest absolute Gasteiger partial charge is 0.284 e. The third-order valence-corrected chi connectivity index (χ3v) is 3.66. The first-order chi connectivity index (χ1) is 10.5. The van der Waals surface area contributed by atoms with Gasteiger partial charge < -0.3 is 30.8 Å². The summed E-state index contributed by atoms with van der Waals surface area (Å²) in [5.74, 6) is -1.21. The number of hydrogen-bond acceptors (Lipinski definition) is 7. The highest BCUT2D eigenvalue weighted by molar-refractivity contribution is 5.91. The Morgan fingerprint density at radius 1 is 1.50 bits per heavy atom. The fourth-order valence-corrected chi connectivity index (χ4v) is 2.59. The van der Waals surface area contributed by atoms with Gasteiger partial charge in [0.1, 0.15) is 24.0 Å². The van der Waals surface area contributed by atoms with Crippen molar-refractivity contribution >= 4 is 16.9 Å². The summed E-state index contributed by atoms with van der Waals surface area (Å²) in [5, 5.41) is 37.4. The summed E-state index contributed by atoms with van der Waals surface area (Å²) in [7, 11) is 0. The van der Waals surface area contributed by atoms with Gasteiger partial charge in [0.2, 0.25) is 5.82 Å². The number of aromatic nitrogens is 3. The van der Waals surface area contributed by atoms with Crippen LogP contribution in [-0.4, -0.2) is 60.7 Å². The molecule has 0 bridgehead atoms. The highest BCUT2D eigenvalue weighted by atomic mass is 16.6. The number of carbonyl (C=O) groups excluding carboxylic acids is 1. The molecule has 1 amide bonds. The summed E-state index contributed by atoms with van der Waals surface area (Å²) in [4.78, 5) is 18.3. The minimum absolute atomic E-state index is 0.159. The maximum atomic E-state index is 11.6. The van der Waals surface area contributed by atoms with E-state index in [9.17, 15) is 15.0 Å². The first kappa shape index (κ1) is 14.7. The predicted molar refractivity (Wildman–Crippen MR) is 71.5 cm³/mol. The van der Waals surface area contributed by atoms with E-state index in [1.807, 2.05) is 0 Å². The summed E-state index contributed by atoms with van der Waals surface area (Å²) < 4.78 is 6.61. The topological polar surface area (TPSA) is 170 Å². The van der Waals surface area contributed by atoms with Crippen LogP contribution in [0.25, 0.3) is 11.0 Å². The lowest BCUT2D eigenvalue weighted by atomic mass is 10.1. The monoisotopic (exact) mass is 309 g/mol. The SMILES string of the molecule is N=c1nc(C(N)=O)n([C@@H]2O[C@H](CO)[C@H](O)[C@@H]2O)c2[nH]ccc12. The molecule has 0 spiro atoms. The Bertz CT molecular complexity index is 784. The number of fused-ring (bicyclic) bond motifs is 1. The molecular weight excluding hydrogens is 294 g/mol. The summed E-state index contributed by atoms with van der Waals surface area (Å²) in [6.07, 6.45) is -3.38. The Kier molecular flexibility index (Phi) is 3.45. The average molecular weight is 309 g/mol. The van der Waals surface area contributed by atoms with Gasteiger partial charge in [-0.25, -0.2) is 4.98 Å². The first-order valence-electron chi connectivity index (χ1n) is 6.52. The largest absolute Gasteiger partial charge is 0.394 e. The van der Waals surface area contributed by atoms with Crippen LogP contribution in [0.4, 0.5) is 0 Å². The molecule has 3 rings (SSSR count). The fraction of sp³-hybridized carbons (Fsp3) is 0.417. The first-order valence-corrected chi connectivity index (χ1v) is 6.52. The number of rotatable bonds is 3. The zero-order valence-corrected chi connectivity index (χ0v) is 11.3. The molecule has 1 saturated heterocycles. The minimum Gasteiger partial charge on any atom is -0.394 e. The van der Waals surface area contributed by atoms with Crippen molar-refractivity contribution in [2.24, 2.45) is 5.73 Å². The maximum Gasteiger partial charge on any atom is 0.284 e. The number of hydrogen-bond donors (Lipinski definition) is 6. The van der Waals surface area contributed by atoms with Crippen molar-refractivity contribution in [1.82, 2.24) is 14.5 Å². The van der Waals surface area contributed by atoms with E-state index in [0.717, 1.165) is 0 Å². The lowest BCUT2D eigenvalue weighted by Gasteiger charge is -2.21. The van der Waals surface area contributed by atoms with Gasteiger partial charge in [0.15, 0.2) is 11.7 Å². The summed E-state index contributed by atoms with van der Waals surface area (Å²) >= 11 is 0. The van der Waals surface area contributed by atoms with E-state index < -0.39 is 37.1 Å². The van der Waals surface area contributed by atoms with E-state index in [1.165, 1.54) is 10.8 Å². The van der Waals surface area contributed by atoms with Crippen LogP contribution in [0.2, 0.25) is 0 Å². The quantitative estimate of drug-likeness (QED) is 0.367. The number of nitrogens with zero attached hydrogens (tertiary/aromatic N) is 2. The fourth-order valence-electron chi connectivity index (χ4n) is 2.59. The molecule has 22 heavy (non-hydrogen) atoms. The van der Waals surface area contributed by atoms with Crippen molar-refractivity contribution in [3.05, 3.63) is 23.6 Å². The Balaban J connectivity index is 2.24. The second-order valence-corrected chi connectivity index (χ2v) is 4.99. The van der Waals surface area contributed by atoms with Crippen molar-refractivity contribution in [1.29, 1.82) is 5.41 Å². The van der Waals surface area contributed by atoms with Crippen LogP contribution in [0.5, 0.6) is 0 Å². The number of aliphatic hydroxyl groups is 3. The third-order valence-electron chi connectivity index (χ3n) is 3.66. The van der Waals surface area contributed by atoms with Gasteiger partial charge in [-0.1, -0.05) is 0 Å². The molecule has 3 heterocycles. The van der Waals surface area contributed by atoms with E-state index in [4.69, 9.17) is 21.0 Å². The van der Waals surface area contributed by atoms with Gasteiger partial charge in [-0.3, -0.25) is 14.8 Å². The van der Waals surface area contributed by atoms with Crippen LogP contribution < -0.4 is 11.2 Å². The van der Waals surface area contributed by atoms with Gasteiger partial charge in [-0.05, 0) is 6.07 Å². The molecule has 0 aliphatic carbocycles. The molecule has 10 nitrogen and oxygen atoms in total. The molecule has 2 aromatic heterocycles. The number of carbonyl (C=O) groups is 1. The molecule has 0 saturated carbocycles. The number of primary amides is 1. The number of H-pyrrole nitrogens is 1. The van der Waals surface area contributed by atoms with Crippen LogP contribution in [0, 0.1) is 5.41 Å². The summed E-state index contributed by atoms with van der Waals surface area (Å²) in [6.45, 7) is -0.501. The second kappa shape index (κ2) is 5.18. The molecule has 0 aromatic carbocycles. The number of amides is 1. The van der Waals surface area contributed by atoms with E-state index >= 15 is 0 Å². The van der Waals surface area contributed by atoms with Gasteiger partial charge in [0.05, 0.1) is 12.0 Å². The van der Waals surface area contributed by atoms with Crippen LogP contribution in [0.15, 0.2) is 12.3 Å². The summed E-state index contributed by atoms with van der Waals surface area (Å²) in [5.41, 5.74) is 5.43. The van der Waals surface area contributed by atoms with Crippen LogP contribution in [0.1, 0.15) is 16.8 Å². The lowest BCUT2D eigenvalue weighted by Crippen LogP contribution is -2.35. The normalized spacial score (nSPS) is 28.3. The molecule has 7 N–H and O–H groups in total. The molecule has 4 atom stereocenters. The zero-order valence-electron chi connectivity index (χ0n) is 11.3. The van der Waals surface area contributed by atoms with Gasteiger partial charge in [0.25, 0.3) is 5.91 Å². The highest BCUT2D eigenvalue weighted by Crippen LogP contribution is 2.31. The standard InChI is InChI=1S/C12H15N5O5/c13-8-4-1-2-15-10(4)17(11(16-8)9(14)21)12-7(20)6(19)5(3-18)22-12/h1-2,5-7,12-13,15,18-20H,3H2,(H2,14,21)/t5-,6+,7+,12-/m1/s1. The van der Waals surface area contributed by atoms with Crippen molar-refractivity contribution < 1.29 is 24.9 Å². The van der Waals surface area contributed by atoms with E-state index in [0.29, 0.717) is 11.0 Å². The molecule has 0 radical (unpaired) electrons. The number of nitrogens with two attached hydrogens (primary N) is 1. The molecule has 2 aromatic rings. The molecule has 1 fully saturated rings. The van der Waals surface area contributed by atoms with Crippen LogP contribution >= 0.6 is 0 Å². The second-order valence-electron chi connectivity index (χ2n) is 4.99. The number of aliphatic hydroxyl groups excluding tert-OH is 3. The van der Waals surface area contributed by atoms with Crippen molar-refractivity contribution in [3.8, 4) is 0 Å². The molecule has 1 aliphatic rings. The Morgan fingerprint density at radius 2 is 2.23 bits per heavy atom. The Morgan fingerprint density at radius 3 is 2.82 bits per heavy atom. The van der Waals surface area contributed by atoms with E-state index in [1.54, 1.807) is 6.07 Å². The summed E-state index contributed by atoms with van der Waals surface area (Å²) in [6, 6.07) is 1.58. The average Bonchev–Trinajstić information content (AvgIpc) is 3.07. The molecule has 0 unspecified atom stereocenters. The number of ether oxygens (including phenoxy) is 1. The predicted octanol–water partition coefficient (Wildman–Crippen LogP) is -2.45. The molecule has 10 heteroatoms. The van der Waals surface area contributed by atoms with Crippen molar-refractivity contribution in [2.45, 2.75) is 24.5 Å². The molecule has 118 valence electrons.